The van der Waals surface area contributed by atoms with E-state index in [0.717, 1.165) is 22.4 Å². The van der Waals surface area contributed by atoms with Gasteiger partial charge in [-0.25, -0.2) is 0 Å². The summed E-state index contributed by atoms with van der Waals surface area (Å²) < 4.78 is 0. The van der Waals surface area contributed by atoms with Gasteiger partial charge in [0.15, 0.2) is 5.78 Å². The Labute approximate surface area is 154 Å². The van der Waals surface area contributed by atoms with E-state index in [0.29, 0.717) is 18.8 Å². The van der Waals surface area contributed by atoms with E-state index in [4.69, 9.17) is 0 Å². The summed E-state index contributed by atoms with van der Waals surface area (Å²) in [6.07, 6.45) is 5.16. The van der Waals surface area contributed by atoms with E-state index in [-0.39, 0.29) is 17.5 Å². The van der Waals surface area contributed by atoms with Gasteiger partial charge in [0, 0.05) is 30.7 Å². The minimum Gasteiger partial charge on any atom is -0.298 e. The van der Waals surface area contributed by atoms with Gasteiger partial charge in [-0.15, -0.1) is 0 Å². The first kappa shape index (κ1) is 17.1. The number of aryl methyl sites for hydroxylation is 3. The van der Waals surface area contributed by atoms with Crippen LogP contribution in [0.3, 0.4) is 0 Å². The molecule has 2 aliphatic rings. The number of benzene rings is 1. The molecule has 0 saturated heterocycles. The number of nitrogens with zero attached hydrogens (tertiary/aromatic N) is 1. The summed E-state index contributed by atoms with van der Waals surface area (Å²) in [5, 5.41) is 0. The molecule has 1 heterocycles. The van der Waals surface area contributed by atoms with E-state index in [1.807, 2.05) is 26.8 Å². The highest BCUT2D eigenvalue weighted by Crippen LogP contribution is 2.43. The van der Waals surface area contributed by atoms with Gasteiger partial charge in [0.2, 0.25) is 0 Å². The first-order chi connectivity index (χ1) is 12.5. The number of hydrogen-bond acceptors (Lipinski definition) is 3. The molecule has 0 spiro atoms. The summed E-state index contributed by atoms with van der Waals surface area (Å²) in [6.45, 7) is 6.06. The number of carbonyl (C=O) groups is 2. The first-order valence-electron chi connectivity index (χ1n) is 9.53. The van der Waals surface area contributed by atoms with E-state index >= 15 is 0 Å². The number of rotatable bonds is 4. The molecule has 2 fully saturated rings. The number of pyridine rings is 1. The van der Waals surface area contributed by atoms with Crippen LogP contribution in [0.4, 0.5) is 0 Å². The lowest BCUT2D eigenvalue weighted by atomic mass is 9.86. The van der Waals surface area contributed by atoms with Gasteiger partial charge in [-0.05, 0) is 67.9 Å². The fourth-order valence-electron chi connectivity index (χ4n) is 4.60. The van der Waals surface area contributed by atoms with Crippen LogP contribution in [0.1, 0.15) is 64.6 Å². The lowest BCUT2D eigenvalue weighted by Gasteiger charge is -2.16. The number of hydrogen-bond donors (Lipinski definition) is 0. The highest BCUT2D eigenvalue weighted by atomic mass is 16.2. The van der Waals surface area contributed by atoms with Crippen LogP contribution in [-0.2, 0) is 16.0 Å². The predicted octanol–water partition coefficient (Wildman–Crippen LogP) is 4.37. The second kappa shape index (κ2) is 6.46. The van der Waals surface area contributed by atoms with Gasteiger partial charge in [-0.3, -0.25) is 14.6 Å². The molecule has 0 aliphatic heterocycles. The Morgan fingerprint density at radius 1 is 1.08 bits per heavy atom. The standard InChI is InChI=1S/C23H25NO2/c1-13-9-14(2)21(15(3)10-13)22-20(25)12-17(23(22)26)11-19-18(16-6-7-16)5-4-8-24-19/h4-5,8-10,16-17,22H,6-7,11-12H2,1-3H3. The van der Waals surface area contributed by atoms with Crippen LogP contribution < -0.4 is 0 Å². The van der Waals surface area contributed by atoms with Crippen molar-refractivity contribution in [3.05, 3.63) is 64.0 Å². The molecule has 2 aliphatic carbocycles. The summed E-state index contributed by atoms with van der Waals surface area (Å²) in [5.74, 6) is -0.0756. The smallest absolute Gasteiger partial charge is 0.151 e. The molecular weight excluding hydrogens is 322 g/mol. The predicted molar refractivity (Wildman–Crippen MR) is 101 cm³/mol. The van der Waals surface area contributed by atoms with Gasteiger partial charge in [0.1, 0.15) is 11.7 Å². The third kappa shape index (κ3) is 3.00. The fraction of sp³-hybridized carbons (Fsp3) is 0.435. The van der Waals surface area contributed by atoms with Gasteiger partial charge < -0.3 is 0 Å². The van der Waals surface area contributed by atoms with Gasteiger partial charge in [0.25, 0.3) is 0 Å². The Kier molecular flexibility index (Phi) is 4.26. The zero-order chi connectivity index (χ0) is 18.4. The van der Waals surface area contributed by atoms with Gasteiger partial charge in [0.05, 0.1) is 0 Å². The molecular formula is C23H25NO2. The SMILES string of the molecule is Cc1cc(C)c(C2C(=O)CC(Cc3ncccc3C3CC3)C2=O)c(C)c1. The Morgan fingerprint density at radius 2 is 1.77 bits per heavy atom. The monoisotopic (exact) mass is 347 g/mol. The molecule has 0 N–H and O–H groups in total. The van der Waals surface area contributed by atoms with E-state index < -0.39 is 5.92 Å². The van der Waals surface area contributed by atoms with E-state index in [1.165, 1.54) is 24.0 Å². The Hall–Kier alpha value is -2.29. The van der Waals surface area contributed by atoms with Crippen molar-refractivity contribution in [2.45, 2.75) is 58.3 Å². The van der Waals surface area contributed by atoms with Crippen LogP contribution >= 0.6 is 0 Å². The molecule has 0 bridgehead atoms. The minimum absolute atomic E-state index is 0.0685. The van der Waals surface area contributed by atoms with Gasteiger partial charge >= 0.3 is 0 Å². The zero-order valence-electron chi connectivity index (χ0n) is 15.7. The molecule has 0 radical (unpaired) electrons. The highest BCUT2D eigenvalue weighted by Gasteiger charge is 2.43. The molecule has 2 unspecified atom stereocenters. The van der Waals surface area contributed by atoms with Crippen LogP contribution in [0.25, 0.3) is 0 Å². The topological polar surface area (TPSA) is 47.0 Å². The van der Waals surface area contributed by atoms with Crippen molar-refractivity contribution < 1.29 is 9.59 Å². The third-order valence-electron chi connectivity index (χ3n) is 5.87. The number of Topliss-reactive ketones (excluding diaryl/α,β-unsaturated/α-hetero) is 2. The van der Waals surface area contributed by atoms with Crippen molar-refractivity contribution in [3.8, 4) is 0 Å². The molecule has 3 nitrogen and oxygen atoms in total. The lowest BCUT2D eigenvalue weighted by molar-refractivity contribution is -0.124. The molecule has 0 amide bonds. The van der Waals surface area contributed by atoms with Crippen molar-refractivity contribution in [2.75, 3.05) is 0 Å². The summed E-state index contributed by atoms with van der Waals surface area (Å²) in [5.41, 5.74) is 6.48. The molecule has 26 heavy (non-hydrogen) atoms. The molecule has 4 rings (SSSR count). The van der Waals surface area contributed by atoms with E-state index in [1.54, 1.807) is 6.20 Å². The van der Waals surface area contributed by atoms with Crippen molar-refractivity contribution in [1.82, 2.24) is 4.98 Å². The summed E-state index contributed by atoms with van der Waals surface area (Å²) in [7, 11) is 0. The molecule has 1 aromatic heterocycles. The maximum absolute atomic E-state index is 13.2. The lowest BCUT2D eigenvalue weighted by Crippen LogP contribution is -2.19. The van der Waals surface area contributed by atoms with E-state index in [9.17, 15) is 9.59 Å². The highest BCUT2D eigenvalue weighted by molar-refractivity contribution is 6.15. The summed E-state index contributed by atoms with van der Waals surface area (Å²) >= 11 is 0. The number of ketones is 2. The second-order valence-electron chi connectivity index (χ2n) is 8.03. The van der Waals surface area contributed by atoms with Gasteiger partial charge in [-0.2, -0.15) is 0 Å². The molecule has 134 valence electrons. The van der Waals surface area contributed by atoms with Crippen molar-refractivity contribution in [2.24, 2.45) is 5.92 Å². The third-order valence-corrected chi connectivity index (χ3v) is 5.87. The number of aromatic nitrogens is 1. The molecule has 1 aromatic carbocycles. The molecule has 2 atom stereocenters. The van der Waals surface area contributed by atoms with Crippen LogP contribution in [0, 0.1) is 26.7 Å². The largest absolute Gasteiger partial charge is 0.298 e. The van der Waals surface area contributed by atoms with Crippen molar-refractivity contribution in [3.63, 3.8) is 0 Å². The van der Waals surface area contributed by atoms with Crippen LogP contribution in [0.15, 0.2) is 30.5 Å². The van der Waals surface area contributed by atoms with Crippen LogP contribution in [0.5, 0.6) is 0 Å². The first-order valence-corrected chi connectivity index (χ1v) is 9.53. The minimum atomic E-state index is -0.589. The van der Waals surface area contributed by atoms with Gasteiger partial charge in [-0.1, -0.05) is 23.8 Å². The normalized spacial score (nSPS) is 22.9. The van der Waals surface area contributed by atoms with Crippen molar-refractivity contribution >= 4 is 11.6 Å². The maximum atomic E-state index is 13.2. The average molecular weight is 347 g/mol. The Bertz CT molecular complexity index is 872. The maximum Gasteiger partial charge on any atom is 0.151 e. The zero-order valence-corrected chi connectivity index (χ0v) is 15.7. The van der Waals surface area contributed by atoms with Crippen LogP contribution in [0.2, 0.25) is 0 Å². The Morgan fingerprint density at radius 3 is 2.42 bits per heavy atom. The quantitative estimate of drug-likeness (QED) is 0.772. The molecule has 2 aromatic rings. The average Bonchev–Trinajstić information content (AvgIpc) is 3.38. The van der Waals surface area contributed by atoms with Crippen molar-refractivity contribution in [1.29, 1.82) is 0 Å². The van der Waals surface area contributed by atoms with E-state index in [2.05, 4.69) is 23.2 Å². The summed E-state index contributed by atoms with van der Waals surface area (Å²) in [4.78, 5) is 30.5. The van der Waals surface area contributed by atoms with Crippen LogP contribution in [-0.4, -0.2) is 16.6 Å². The fourth-order valence-corrected chi connectivity index (χ4v) is 4.60. The Balaban J connectivity index is 1.63. The molecule has 3 heteroatoms. The second-order valence-corrected chi connectivity index (χ2v) is 8.03. The number of carbonyl (C=O) groups excluding carboxylic acids is 2. The summed E-state index contributed by atoms with van der Waals surface area (Å²) in [6, 6.07) is 8.24. The molecule has 2 saturated carbocycles.